The summed E-state index contributed by atoms with van der Waals surface area (Å²) in [6, 6.07) is 9.42. The van der Waals surface area contributed by atoms with Gasteiger partial charge in [0.2, 0.25) is 5.95 Å². The minimum absolute atomic E-state index is 0.231. The Bertz CT molecular complexity index is 584. The maximum atomic E-state index is 11.4. The molecule has 0 bridgehead atoms. The number of benzene rings is 1. The van der Waals surface area contributed by atoms with E-state index in [4.69, 9.17) is 0 Å². The summed E-state index contributed by atoms with van der Waals surface area (Å²) < 4.78 is 4.63. The molecule has 0 radical (unpaired) electrons. The molecule has 1 N–H and O–H groups in total. The Morgan fingerprint density at radius 3 is 2.84 bits per heavy atom. The van der Waals surface area contributed by atoms with Gasteiger partial charge in [0.05, 0.1) is 7.11 Å². The number of methoxy groups -OCH3 is 1. The van der Waals surface area contributed by atoms with Crippen LogP contribution in [0.1, 0.15) is 23.0 Å². The third kappa shape index (κ3) is 3.07. The van der Waals surface area contributed by atoms with Crippen molar-refractivity contribution in [2.75, 3.05) is 12.4 Å². The van der Waals surface area contributed by atoms with E-state index in [0.29, 0.717) is 5.95 Å². The highest BCUT2D eigenvalue weighted by Gasteiger charge is 2.09. The summed E-state index contributed by atoms with van der Waals surface area (Å²) in [4.78, 5) is 19.6. The van der Waals surface area contributed by atoms with Gasteiger partial charge in [0, 0.05) is 11.9 Å². The van der Waals surface area contributed by atoms with Gasteiger partial charge in [-0.2, -0.15) is 0 Å². The molecule has 0 spiro atoms. The maximum absolute atomic E-state index is 11.4. The van der Waals surface area contributed by atoms with Gasteiger partial charge in [0.25, 0.3) is 0 Å². The molecule has 1 heterocycles. The number of para-hydroxylation sites is 1. The van der Waals surface area contributed by atoms with E-state index in [2.05, 4.69) is 26.9 Å². The number of anilines is 2. The molecule has 2 aromatic rings. The van der Waals surface area contributed by atoms with Crippen molar-refractivity contribution in [3.05, 3.63) is 47.8 Å². The van der Waals surface area contributed by atoms with Crippen LogP contribution in [0, 0.1) is 0 Å². The minimum atomic E-state index is -0.478. The first-order valence-electron chi connectivity index (χ1n) is 6.01. The highest BCUT2D eigenvalue weighted by atomic mass is 16.5. The van der Waals surface area contributed by atoms with E-state index in [1.165, 1.54) is 19.4 Å². The number of aryl methyl sites for hydroxylation is 1. The average molecular weight is 257 g/mol. The van der Waals surface area contributed by atoms with Crippen molar-refractivity contribution >= 4 is 17.6 Å². The SMILES string of the molecule is CCc1ccccc1Nc1nccc(C(=O)OC)n1. The first-order valence-corrected chi connectivity index (χ1v) is 6.01. The Morgan fingerprint density at radius 1 is 1.32 bits per heavy atom. The fourth-order valence-corrected chi connectivity index (χ4v) is 1.71. The van der Waals surface area contributed by atoms with Crippen LogP contribution >= 0.6 is 0 Å². The molecule has 0 fully saturated rings. The average Bonchev–Trinajstić information content (AvgIpc) is 2.47. The second kappa shape index (κ2) is 5.95. The molecule has 0 aliphatic carbocycles. The number of carbonyl (C=O) groups excluding carboxylic acids is 1. The molecule has 2 rings (SSSR count). The standard InChI is InChI=1S/C14H15N3O2/c1-3-10-6-4-5-7-11(10)16-14-15-9-8-12(17-14)13(18)19-2/h4-9H,3H2,1-2H3,(H,15,16,17). The van der Waals surface area contributed by atoms with Crippen molar-refractivity contribution in [2.24, 2.45) is 0 Å². The second-order valence-corrected chi connectivity index (χ2v) is 3.89. The number of carbonyl (C=O) groups is 1. The highest BCUT2D eigenvalue weighted by molar-refractivity contribution is 5.87. The van der Waals surface area contributed by atoms with Crippen molar-refractivity contribution in [3.63, 3.8) is 0 Å². The van der Waals surface area contributed by atoms with Crippen LogP contribution in [0.4, 0.5) is 11.6 Å². The fourth-order valence-electron chi connectivity index (χ4n) is 1.71. The molecule has 0 saturated carbocycles. The molecule has 5 heteroatoms. The molecule has 1 aromatic carbocycles. The van der Waals surface area contributed by atoms with Crippen molar-refractivity contribution in [3.8, 4) is 0 Å². The van der Waals surface area contributed by atoms with Gasteiger partial charge in [0.15, 0.2) is 5.69 Å². The van der Waals surface area contributed by atoms with E-state index in [-0.39, 0.29) is 5.69 Å². The number of rotatable bonds is 4. The molecule has 98 valence electrons. The first kappa shape index (κ1) is 13.0. The monoisotopic (exact) mass is 257 g/mol. The number of esters is 1. The van der Waals surface area contributed by atoms with Crippen molar-refractivity contribution in [2.45, 2.75) is 13.3 Å². The van der Waals surface area contributed by atoms with E-state index < -0.39 is 5.97 Å². The third-order valence-electron chi connectivity index (χ3n) is 2.69. The van der Waals surface area contributed by atoms with E-state index >= 15 is 0 Å². The molecule has 0 atom stereocenters. The van der Waals surface area contributed by atoms with Crippen molar-refractivity contribution in [1.82, 2.24) is 9.97 Å². The summed E-state index contributed by atoms with van der Waals surface area (Å²) in [5, 5.41) is 3.11. The fraction of sp³-hybridized carbons (Fsp3) is 0.214. The van der Waals surface area contributed by atoms with Crippen LogP contribution in [0.15, 0.2) is 36.5 Å². The lowest BCUT2D eigenvalue weighted by Gasteiger charge is -2.09. The Balaban J connectivity index is 2.26. The summed E-state index contributed by atoms with van der Waals surface area (Å²) in [6.45, 7) is 2.08. The number of nitrogens with one attached hydrogen (secondary N) is 1. The number of nitrogens with zero attached hydrogens (tertiary/aromatic N) is 2. The molecule has 0 saturated heterocycles. The van der Waals surface area contributed by atoms with Gasteiger partial charge in [-0.15, -0.1) is 0 Å². The largest absolute Gasteiger partial charge is 0.464 e. The van der Waals surface area contributed by atoms with Gasteiger partial charge in [-0.25, -0.2) is 14.8 Å². The predicted octanol–water partition coefficient (Wildman–Crippen LogP) is 2.57. The molecule has 1 aromatic heterocycles. The van der Waals surface area contributed by atoms with Gasteiger partial charge in [0.1, 0.15) is 0 Å². The summed E-state index contributed by atoms with van der Waals surface area (Å²) in [5.41, 5.74) is 2.33. The summed E-state index contributed by atoms with van der Waals surface area (Å²) in [5.74, 6) is -0.0990. The lowest BCUT2D eigenvalue weighted by Crippen LogP contribution is -2.07. The predicted molar refractivity (Wildman–Crippen MR) is 72.5 cm³/mol. The first-order chi connectivity index (χ1) is 9.24. The molecule has 19 heavy (non-hydrogen) atoms. The maximum Gasteiger partial charge on any atom is 0.356 e. The molecule has 0 aliphatic rings. The number of hydrogen-bond donors (Lipinski definition) is 1. The van der Waals surface area contributed by atoms with Crippen LogP contribution < -0.4 is 5.32 Å². The third-order valence-corrected chi connectivity index (χ3v) is 2.69. The topological polar surface area (TPSA) is 64.1 Å². The second-order valence-electron chi connectivity index (χ2n) is 3.89. The Labute approximate surface area is 111 Å². The van der Waals surface area contributed by atoms with Crippen LogP contribution in [0.5, 0.6) is 0 Å². The highest BCUT2D eigenvalue weighted by Crippen LogP contribution is 2.18. The zero-order valence-corrected chi connectivity index (χ0v) is 10.9. The molecule has 0 amide bonds. The van der Waals surface area contributed by atoms with Gasteiger partial charge in [-0.05, 0) is 24.1 Å². The number of aromatic nitrogens is 2. The van der Waals surface area contributed by atoms with Crippen LogP contribution in [-0.4, -0.2) is 23.0 Å². The molecule has 5 nitrogen and oxygen atoms in total. The van der Waals surface area contributed by atoms with Crippen LogP contribution in [0.3, 0.4) is 0 Å². The lowest BCUT2D eigenvalue weighted by molar-refractivity contribution is 0.0594. The molecule has 0 aliphatic heterocycles. The van der Waals surface area contributed by atoms with E-state index in [1.54, 1.807) is 0 Å². The van der Waals surface area contributed by atoms with Crippen molar-refractivity contribution in [1.29, 1.82) is 0 Å². The van der Waals surface area contributed by atoms with E-state index in [1.807, 2.05) is 24.3 Å². The Hall–Kier alpha value is -2.43. The van der Waals surface area contributed by atoms with E-state index in [0.717, 1.165) is 17.7 Å². The van der Waals surface area contributed by atoms with Crippen molar-refractivity contribution < 1.29 is 9.53 Å². The minimum Gasteiger partial charge on any atom is -0.464 e. The number of ether oxygens (including phenoxy) is 1. The summed E-state index contributed by atoms with van der Waals surface area (Å²) in [7, 11) is 1.32. The van der Waals surface area contributed by atoms with Gasteiger partial charge in [-0.3, -0.25) is 0 Å². The van der Waals surface area contributed by atoms with Crippen LogP contribution in [0.25, 0.3) is 0 Å². The quantitative estimate of drug-likeness (QED) is 0.853. The summed E-state index contributed by atoms with van der Waals surface area (Å²) >= 11 is 0. The smallest absolute Gasteiger partial charge is 0.356 e. The van der Waals surface area contributed by atoms with Gasteiger partial charge < -0.3 is 10.1 Å². The zero-order chi connectivity index (χ0) is 13.7. The molecular formula is C14H15N3O2. The van der Waals surface area contributed by atoms with Gasteiger partial charge >= 0.3 is 5.97 Å². The molecule has 0 unspecified atom stereocenters. The summed E-state index contributed by atoms with van der Waals surface area (Å²) in [6.07, 6.45) is 2.43. The van der Waals surface area contributed by atoms with Crippen LogP contribution in [0.2, 0.25) is 0 Å². The molecular weight excluding hydrogens is 242 g/mol. The zero-order valence-electron chi connectivity index (χ0n) is 10.9. The van der Waals surface area contributed by atoms with Gasteiger partial charge in [-0.1, -0.05) is 25.1 Å². The Kier molecular flexibility index (Phi) is 4.07. The number of hydrogen-bond acceptors (Lipinski definition) is 5. The lowest BCUT2D eigenvalue weighted by atomic mass is 10.1. The Morgan fingerprint density at radius 2 is 2.11 bits per heavy atom. The normalized spacial score (nSPS) is 10.0. The van der Waals surface area contributed by atoms with Crippen LogP contribution in [-0.2, 0) is 11.2 Å². The van der Waals surface area contributed by atoms with E-state index in [9.17, 15) is 4.79 Å².